The molecule has 2 heterocycles. The first kappa shape index (κ1) is 14.2. The lowest BCUT2D eigenvalue weighted by atomic mass is 9.97. The van der Waals surface area contributed by atoms with E-state index in [4.69, 9.17) is 5.73 Å². The Morgan fingerprint density at radius 1 is 1.29 bits per heavy atom. The maximum atomic E-state index is 12.4. The molecule has 2 fully saturated rings. The Labute approximate surface area is 125 Å². The normalized spacial score (nSPS) is 27.8. The molecule has 2 bridgehead atoms. The van der Waals surface area contributed by atoms with Gasteiger partial charge in [-0.1, -0.05) is 0 Å². The van der Waals surface area contributed by atoms with Crippen LogP contribution in [0.2, 0.25) is 0 Å². The summed E-state index contributed by atoms with van der Waals surface area (Å²) in [5, 5.41) is 9.95. The molecular weight excluding hydrogens is 266 g/mol. The van der Waals surface area contributed by atoms with E-state index < -0.39 is 0 Å². The molecule has 0 aromatic heterocycles. The highest BCUT2D eigenvalue weighted by Crippen LogP contribution is 2.41. The van der Waals surface area contributed by atoms with Crippen LogP contribution in [0.25, 0.3) is 0 Å². The van der Waals surface area contributed by atoms with Crippen molar-refractivity contribution in [1.82, 2.24) is 4.90 Å². The minimum Gasteiger partial charge on any atom is -0.399 e. The lowest BCUT2D eigenvalue weighted by Gasteiger charge is -2.40. The second kappa shape index (κ2) is 5.22. The largest absolute Gasteiger partial charge is 0.399 e. The predicted octanol–water partition coefficient (Wildman–Crippen LogP) is 1.46. The number of aliphatic hydroxyl groups excluding tert-OH is 1. The highest BCUT2D eigenvalue weighted by atomic mass is 16.3. The molecule has 5 nitrogen and oxygen atoms in total. The van der Waals surface area contributed by atoms with Crippen molar-refractivity contribution in [2.24, 2.45) is 0 Å². The minimum absolute atomic E-state index is 0.00415. The van der Waals surface area contributed by atoms with Gasteiger partial charge in [-0.15, -0.1) is 0 Å². The monoisotopic (exact) mass is 289 g/mol. The van der Waals surface area contributed by atoms with Crippen LogP contribution in [0, 0.1) is 0 Å². The molecule has 2 aliphatic rings. The zero-order valence-electron chi connectivity index (χ0n) is 12.6. The molecule has 2 aliphatic heterocycles. The number of carbonyl (C=O) groups excluding carboxylic acids is 1. The molecule has 1 aromatic rings. The molecule has 0 spiro atoms. The van der Waals surface area contributed by atoms with Crippen molar-refractivity contribution in [3.05, 3.63) is 23.8 Å². The molecule has 0 saturated carbocycles. The van der Waals surface area contributed by atoms with Crippen LogP contribution in [-0.4, -0.2) is 48.2 Å². The van der Waals surface area contributed by atoms with Gasteiger partial charge in [0.25, 0.3) is 5.91 Å². The Kier molecular flexibility index (Phi) is 3.53. The number of nitrogen functional groups attached to an aromatic ring is 1. The smallest absolute Gasteiger partial charge is 0.255 e. The lowest BCUT2D eigenvalue weighted by molar-refractivity contribution is 0.0827. The van der Waals surface area contributed by atoms with Crippen LogP contribution in [0.3, 0.4) is 0 Å². The summed E-state index contributed by atoms with van der Waals surface area (Å²) in [6.45, 7) is 0. The molecule has 0 aliphatic carbocycles. The molecule has 0 radical (unpaired) electrons. The highest BCUT2D eigenvalue weighted by Gasteiger charge is 2.41. The van der Waals surface area contributed by atoms with Crippen molar-refractivity contribution in [2.45, 2.75) is 43.9 Å². The van der Waals surface area contributed by atoms with Crippen LogP contribution in [0.5, 0.6) is 0 Å². The summed E-state index contributed by atoms with van der Waals surface area (Å²) in [5.41, 5.74) is 8.24. The minimum atomic E-state index is -0.215. The summed E-state index contributed by atoms with van der Waals surface area (Å²) < 4.78 is 0. The molecule has 3 rings (SSSR count). The second-order valence-corrected chi connectivity index (χ2v) is 6.39. The van der Waals surface area contributed by atoms with Crippen molar-refractivity contribution in [1.29, 1.82) is 0 Å². The standard InChI is InChI=1S/C16H23N3O2/c1-18(2)16(21)14-6-3-10(17)7-15(14)19-11-4-5-12(19)9-13(20)8-11/h3,6-7,11-13,20H,4-5,8-9,17H2,1-2H3. The number of piperidine rings is 1. The molecule has 2 saturated heterocycles. The van der Waals surface area contributed by atoms with E-state index in [0.717, 1.165) is 31.4 Å². The topological polar surface area (TPSA) is 69.8 Å². The van der Waals surface area contributed by atoms with Crippen molar-refractivity contribution < 1.29 is 9.90 Å². The first-order valence-electron chi connectivity index (χ1n) is 7.55. The van der Waals surface area contributed by atoms with Crippen LogP contribution >= 0.6 is 0 Å². The third kappa shape index (κ3) is 2.46. The van der Waals surface area contributed by atoms with E-state index in [-0.39, 0.29) is 12.0 Å². The number of carbonyl (C=O) groups is 1. The number of aliphatic hydroxyl groups is 1. The van der Waals surface area contributed by atoms with Gasteiger partial charge in [0.05, 0.1) is 17.4 Å². The zero-order valence-corrected chi connectivity index (χ0v) is 12.6. The van der Waals surface area contributed by atoms with Gasteiger partial charge in [0.1, 0.15) is 0 Å². The number of hydrogen-bond acceptors (Lipinski definition) is 4. The van der Waals surface area contributed by atoms with Crippen LogP contribution in [0.1, 0.15) is 36.0 Å². The summed E-state index contributed by atoms with van der Waals surface area (Å²) in [6, 6.07) is 6.13. The van der Waals surface area contributed by atoms with Crippen LogP contribution in [0.4, 0.5) is 11.4 Å². The van der Waals surface area contributed by atoms with E-state index in [1.165, 1.54) is 0 Å². The fraction of sp³-hybridized carbons (Fsp3) is 0.562. The number of anilines is 2. The average molecular weight is 289 g/mol. The van der Waals surface area contributed by atoms with Crippen molar-refractivity contribution in [3.8, 4) is 0 Å². The lowest BCUT2D eigenvalue weighted by Crippen LogP contribution is -2.45. The van der Waals surface area contributed by atoms with E-state index in [9.17, 15) is 9.90 Å². The second-order valence-electron chi connectivity index (χ2n) is 6.39. The Balaban J connectivity index is 2.02. The third-order valence-corrected chi connectivity index (χ3v) is 4.64. The molecule has 2 unspecified atom stereocenters. The van der Waals surface area contributed by atoms with Gasteiger partial charge in [-0.25, -0.2) is 0 Å². The number of amides is 1. The predicted molar refractivity (Wildman–Crippen MR) is 83.4 cm³/mol. The number of hydrogen-bond donors (Lipinski definition) is 2. The van der Waals surface area contributed by atoms with Gasteiger partial charge in [-0.05, 0) is 43.9 Å². The van der Waals surface area contributed by atoms with E-state index in [1.54, 1.807) is 25.1 Å². The molecule has 1 aromatic carbocycles. The van der Waals surface area contributed by atoms with Crippen LogP contribution in [-0.2, 0) is 0 Å². The van der Waals surface area contributed by atoms with E-state index in [2.05, 4.69) is 4.90 Å². The van der Waals surface area contributed by atoms with Crippen molar-refractivity contribution in [3.63, 3.8) is 0 Å². The molecule has 5 heteroatoms. The van der Waals surface area contributed by atoms with E-state index >= 15 is 0 Å². The Hall–Kier alpha value is -1.75. The Morgan fingerprint density at radius 3 is 2.48 bits per heavy atom. The van der Waals surface area contributed by atoms with Gasteiger partial charge in [-0.2, -0.15) is 0 Å². The zero-order chi connectivity index (χ0) is 15.1. The number of fused-ring (bicyclic) bond motifs is 2. The summed E-state index contributed by atoms with van der Waals surface area (Å²) in [6.07, 6.45) is 3.49. The third-order valence-electron chi connectivity index (χ3n) is 4.64. The van der Waals surface area contributed by atoms with Crippen molar-refractivity contribution >= 4 is 17.3 Å². The van der Waals surface area contributed by atoms with Crippen LogP contribution in [0.15, 0.2) is 18.2 Å². The van der Waals surface area contributed by atoms with Gasteiger partial charge in [0.15, 0.2) is 0 Å². The van der Waals surface area contributed by atoms with Gasteiger partial charge < -0.3 is 20.6 Å². The van der Waals surface area contributed by atoms with Gasteiger partial charge >= 0.3 is 0 Å². The van der Waals surface area contributed by atoms with Gasteiger partial charge in [0, 0.05) is 31.9 Å². The van der Waals surface area contributed by atoms with Gasteiger partial charge in [-0.3, -0.25) is 4.79 Å². The molecule has 2 atom stereocenters. The first-order valence-corrected chi connectivity index (χ1v) is 7.55. The van der Waals surface area contributed by atoms with E-state index in [0.29, 0.717) is 23.3 Å². The molecular formula is C16H23N3O2. The number of nitrogens with two attached hydrogens (primary N) is 1. The van der Waals surface area contributed by atoms with Crippen LogP contribution < -0.4 is 10.6 Å². The summed E-state index contributed by atoms with van der Waals surface area (Å²) in [4.78, 5) is 16.3. The molecule has 1 amide bonds. The average Bonchev–Trinajstić information content (AvgIpc) is 2.69. The Morgan fingerprint density at radius 2 is 1.90 bits per heavy atom. The first-order chi connectivity index (χ1) is 9.97. The fourth-order valence-electron chi connectivity index (χ4n) is 3.73. The number of rotatable bonds is 2. The summed E-state index contributed by atoms with van der Waals surface area (Å²) in [7, 11) is 3.52. The number of nitrogens with zero attached hydrogens (tertiary/aromatic N) is 2. The molecule has 3 N–H and O–H groups in total. The number of benzene rings is 1. The Bertz CT molecular complexity index is 544. The highest BCUT2D eigenvalue weighted by molar-refractivity contribution is 6.00. The fourth-order valence-corrected chi connectivity index (χ4v) is 3.73. The maximum absolute atomic E-state index is 12.4. The summed E-state index contributed by atoms with van der Waals surface area (Å²) >= 11 is 0. The van der Waals surface area contributed by atoms with Crippen molar-refractivity contribution in [2.75, 3.05) is 24.7 Å². The maximum Gasteiger partial charge on any atom is 0.255 e. The summed E-state index contributed by atoms with van der Waals surface area (Å²) in [5.74, 6) is -0.00415. The molecule has 114 valence electrons. The van der Waals surface area contributed by atoms with Gasteiger partial charge in [0.2, 0.25) is 0 Å². The SMILES string of the molecule is CN(C)C(=O)c1ccc(N)cc1N1C2CCC1CC(O)C2. The molecule has 21 heavy (non-hydrogen) atoms. The van der Waals surface area contributed by atoms with E-state index in [1.807, 2.05) is 12.1 Å². The quantitative estimate of drug-likeness (QED) is 0.809.